The number of hydrogen-bond acceptors (Lipinski definition) is 15. The first-order valence-corrected chi connectivity index (χ1v) is 47.8. The molecule has 0 amide bonds. The van der Waals surface area contributed by atoms with E-state index >= 15 is 0 Å². The minimum atomic E-state index is -4.97. The average molecular weight is 1550 g/mol. The summed E-state index contributed by atoms with van der Waals surface area (Å²) in [6.45, 7) is 11.9. The minimum absolute atomic E-state index is 0.106. The molecule has 19 heteroatoms. The maximum absolute atomic E-state index is 13.2. The van der Waals surface area contributed by atoms with Crippen molar-refractivity contribution in [1.29, 1.82) is 0 Å². The molecule has 0 aromatic carbocycles. The quantitative estimate of drug-likeness (QED) is 0.0222. The van der Waals surface area contributed by atoms with Crippen LogP contribution in [-0.2, 0) is 65.4 Å². The molecule has 0 rings (SSSR count). The van der Waals surface area contributed by atoms with Gasteiger partial charge in [0.2, 0.25) is 0 Å². The Bertz CT molecular complexity index is 2040. The third-order valence-corrected chi connectivity index (χ3v) is 22.3. The summed E-state index contributed by atoms with van der Waals surface area (Å²) in [6, 6.07) is 0. The van der Waals surface area contributed by atoms with Crippen LogP contribution in [0.4, 0.5) is 0 Å². The number of ether oxygens (including phenoxy) is 4. The second kappa shape index (κ2) is 77.0. The third kappa shape index (κ3) is 80.1. The smallest absolute Gasteiger partial charge is 0.462 e. The van der Waals surface area contributed by atoms with Crippen molar-refractivity contribution >= 4 is 39.5 Å². The van der Waals surface area contributed by atoms with Gasteiger partial charge in [0, 0.05) is 25.7 Å². The van der Waals surface area contributed by atoms with Crippen molar-refractivity contribution in [2.75, 3.05) is 39.6 Å². The highest BCUT2D eigenvalue weighted by molar-refractivity contribution is 7.47. The van der Waals surface area contributed by atoms with Crippen LogP contribution in [0.3, 0.4) is 0 Å². The molecule has 2 unspecified atom stereocenters. The van der Waals surface area contributed by atoms with Crippen molar-refractivity contribution in [2.45, 2.75) is 478 Å². The Morgan fingerprint density at radius 2 is 0.434 bits per heavy atom. The number of phosphoric acid groups is 2. The molecule has 0 aliphatic rings. The summed E-state index contributed by atoms with van der Waals surface area (Å²) < 4.78 is 68.9. The first-order valence-electron chi connectivity index (χ1n) is 44.8. The lowest BCUT2D eigenvalue weighted by molar-refractivity contribution is -0.161. The van der Waals surface area contributed by atoms with Gasteiger partial charge in [0.05, 0.1) is 26.4 Å². The van der Waals surface area contributed by atoms with E-state index in [-0.39, 0.29) is 25.7 Å². The standard InChI is InChI=1S/C87H170O17P2/c1-8-9-10-11-12-13-14-15-16-17-18-19-23-26-31-36-41-46-54-61-68-84(89)97-74-82(103-86(91)70-63-56-47-42-37-32-27-24-21-20-22-25-29-34-39-44-51-58-65-78(2)3)76-101-105(93,94)99-72-81(88)73-100-106(95,96)102-77-83(75-98-85(90)69-62-55-50-49-53-60-67-80(6)7)104-87(92)71-64-57-48-43-38-33-28-30-35-40-45-52-59-66-79(4)5/h78-83,88H,8-77H2,1-7H3,(H,93,94)(H,95,96)/t81-,82-,83-/m1/s1. The minimum Gasteiger partial charge on any atom is -0.462 e. The van der Waals surface area contributed by atoms with E-state index in [1.165, 1.54) is 263 Å². The van der Waals surface area contributed by atoms with Gasteiger partial charge in [0.1, 0.15) is 19.3 Å². The molecule has 0 aliphatic carbocycles. The highest BCUT2D eigenvalue weighted by atomic mass is 31.2. The maximum Gasteiger partial charge on any atom is 0.472 e. The van der Waals surface area contributed by atoms with Crippen LogP contribution in [-0.4, -0.2) is 96.7 Å². The molecule has 0 radical (unpaired) electrons. The molecule has 0 saturated carbocycles. The zero-order chi connectivity index (χ0) is 77.9. The number of unbranched alkanes of at least 4 members (excludes halogenated alkanes) is 53. The van der Waals surface area contributed by atoms with Gasteiger partial charge in [-0.3, -0.25) is 37.3 Å². The lowest BCUT2D eigenvalue weighted by Crippen LogP contribution is -2.30. The van der Waals surface area contributed by atoms with Gasteiger partial charge in [0.15, 0.2) is 12.2 Å². The van der Waals surface area contributed by atoms with Gasteiger partial charge in [0.25, 0.3) is 0 Å². The average Bonchev–Trinajstić information content (AvgIpc) is 0.903. The third-order valence-electron chi connectivity index (χ3n) is 20.4. The topological polar surface area (TPSA) is 237 Å². The fourth-order valence-corrected chi connectivity index (χ4v) is 15.1. The summed E-state index contributed by atoms with van der Waals surface area (Å²) in [4.78, 5) is 73.2. The van der Waals surface area contributed by atoms with E-state index in [0.717, 1.165) is 108 Å². The van der Waals surface area contributed by atoms with Crippen molar-refractivity contribution in [3.05, 3.63) is 0 Å². The lowest BCUT2D eigenvalue weighted by atomic mass is 10.0. The predicted molar refractivity (Wildman–Crippen MR) is 437 cm³/mol. The van der Waals surface area contributed by atoms with Gasteiger partial charge in [-0.05, 0) is 43.4 Å². The molecule has 5 atom stereocenters. The van der Waals surface area contributed by atoms with Crippen LogP contribution in [0.1, 0.15) is 459 Å². The summed E-state index contributed by atoms with van der Waals surface area (Å²) in [6.07, 6.45) is 68.3. The molecule has 0 saturated heterocycles. The van der Waals surface area contributed by atoms with Gasteiger partial charge in [-0.15, -0.1) is 0 Å². The van der Waals surface area contributed by atoms with Crippen LogP contribution in [0.2, 0.25) is 0 Å². The van der Waals surface area contributed by atoms with Crippen LogP contribution in [0, 0.1) is 17.8 Å². The zero-order valence-electron chi connectivity index (χ0n) is 69.9. The van der Waals surface area contributed by atoms with Gasteiger partial charge in [-0.2, -0.15) is 0 Å². The summed E-state index contributed by atoms with van der Waals surface area (Å²) >= 11 is 0. The Kier molecular flexibility index (Phi) is 75.6. The van der Waals surface area contributed by atoms with Crippen molar-refractivity contribution in [1.82, 2.24) is 0 Å². The summed E-state index contributed by atoms with van der Waals surface area (Å²) in [5.74, 6) is 0.180. The Balaban J connectivity index is 5.21. The SMILES string of the molecule is CCCCCCCCCCCCCCCCCCCCCCC(=O)OC[C@H](COP(=O)(O)OC[C@@H](O)COP(=O)(O)OC[C@@H](COC(=O)CCCCCCCCC(C)C)OC(=O)CCCCCCCCCCCCCCCC(C)C)OC(=O)CCCCCCCCCCCCCCCCCCCCC(C)C. The molecule has 3 N–H and O–H groups in total. The molecule has 630 valence electrons. The van der Waals surface area contributed by atoms with Crippen LogP contribution in [0.15, 0.2) is 0 Å². The molecule has 0 aliphatic heterocycles. The summed E-state index contributed by atoms with van der Waals surface area (Å²) in [7, 11) is -9.93. The normalized spacial score (nSPS) is 13.9. The lowest BCUT2D eigenvalue weighted by Gasteiger charge is -2.21. The van der Waals surface area contributed by atoms with E-state index in [2.05, 4.69) is 48.5 Å². The summed E-state index contributed by atoms with van der Waals surface area (Å²) in [5, 5.41) is 10.7. The monoisotopic (exact) mass is 1550 g/mol. The molecule has 0 aromatic rings. The molecule has 0 bridgehead atoms. The van der Waals surface area contributed by atoms with Crippen LogP contribution < -0.4 is 0 Å². The number of aliphatic hydroxyl groups excluding tert-OH is 1. The second-order valence-corrected chi connectivity index (χ2v) is 35.6. The number of carbonyl (C=O) groups excluding carboxylic acids is 4. The van der Waals surface area contributed by atoms with E-state index < -0.39 is 97.5 Å². The number of rotatable bonds is 85. The van der Waals surface area contributed by atoms with Gasteiger partial charge in [-0.1, -0.05) is 408 Å². The second-order valence-electron chi connectivity index (χ2n) is 32.7. The number of phosphoric ester groups is 2. The van der Waals surface area contributed by atoms with E-state index in [1.807, 2.05) is 0 Å². The summed E-state index contributed by atoms with van der Waals surface area (Å²) in [5.41, 5.74) is 0. The largest absolute Gasteiger partial charge is 0.472 e. The van der Waals surface area contributed by atoms with Crippen molar-refractivity contribution < 1.29 is 80.2 Å². The van der Waals surface area contributed by atoms with Crippen molar-refractivity contribution in [2.24, 2.45) is 17.8 Å². The van der Waals surface area contributed by atoms with Gasteiger partial charge < -0.3 is 33.8 Å². The van der Waals surface area contributed by atoms with Crippen molar-refractivity contribution in [3.63, 3.8) is 0 Å². The Hall–Kier alpha value is -1.94. The Labute approximate surface area is 651 Å². The Morgan fingerprint density at radius 3 is 0.642 bits per heavy atom. The number of esters is 4. The highest BCUT2D eigenvalue weighted by Crippen LogP contribution is 2.45. The molecule has 0 fully saturated rings. The van der Waals surface area contributed by atoms with Crippen LogP contribution >= 0.6 is 15.6 Å². The molecule has 0 spiro atoms. The fourth-order valence-electron chi connectivity index (χ4n) is 13.5. The van der Waals surface area contributed by atoms with Crippen LogP contribution in [0.5, 0.6) is 0 Å². The molecular weight excluding hydrogens is 1380 g/mol. The number of hydrogen-bond donors (Lipinski definition) is 3. The van der Waals surface area contributed by atoms with E-state index in [0.29, 0.717) is 31.6 Å². The zero-order valence-corrected chi connectivity index (χ0v) is 71.7. The van der Waals surface area contributed by atoms with Crippen molar-refractivity contribution in [3.8, 4) is 0 Å². The van der Waals surface area contributed by atoms with Crippen LogP contribution in [0.25, 0.3) is 0 Å². The van der Waals surface area contributed by atoms with E-state index in [1.54, 1.807) is 0 Å². The first-order chi connectivity index (χ1) is 51.2. The molecular formula is C87H170O17P2. The molecule has 17 nitrogen and oxygen atoms in total. The number of carbonyl (C=O) groups is 4. The van der Waals surface area contributed by atoms with Gasteiger partial charge >= 0.3 is 39.5 Å². The van der Waals surface area contributed by atoms with Gasteiger partial charge in [-0.25, -0.2) is 9.13 Å². The first kappa shape index (κ1) is 104. The maximum atomic E-state index is 13.2. The highest BCUT2D eigenvalue weighted by Gasteiger charge is 2.30. The van der Waals surface area contributed by atoms with E-state index in [4.69, 9.17) is 37.0 Å². The van der Waals surface area contributed by atoms with E-state index in [9.17, 15) is 43.2 Å². The number of aliphatic hydroxyl groups is 1. The predicted octanol–water partition coefficient (Wildman–Crippen LogP) is 26.5. The molecule has 0 aromatic heterocycles. The fraction of sp³-hybridized carbons (Fsp3) is 0.954. The molecule has 106 heavy (non-hydrogen) atoms. The molecule has 0 heterocycles. The Morgan fingerprint density at radius 1 is 0.255 bits per heavy atom.